The summed E-state index contributed by atoms with van der Waals surface area (Å²) in [6.45, 7) is 8.08. The number of nitrogens with one attached hydrogen (secondary N) is 1. The molecule has 3 rings (SSSR count). The summed E-state index contributed by atoms with van der Waals surface area (Å²) in [5.74, 6) is 1.73. The lowest BCUT2D eigenvalue weighted by Crippen LogP contribution is -2.33. The zero-order chi connectivity index (χ0) is 16.9. The molecule has 1 saturated carbocycles. The topological polar surface area (TPSA) is 41.3 Å². The summed E-state index contributed by atoms with van der Waals surface area (Å²) in [7, 11) is 0. The number of nitrogens with two attached hydrogens (primary N) is 1. The summed E-state index contributed by atoms with van der Waals surface area (Å²) in [6, 6.07) is 7.40. The molecule has 1 heterocycles. The van der Waals surface area contributed by atoms with Crippen LogP contribution in [0.25, 0.3) is 0 Å². The van der Waals surface area contributed by atoms with Crippen molar-refractivity contribution in [3.8, 4) is 0 Å². The van der Waals surface area contributed by atoms with Crippen LogP contribution in [0.3, 0.4) is 0 Å². The van der Waals surface area contributed by atoms with E-state index >= 15 is 0 Å². The van der Waals surface area contributed by atoms with Crippen LogP contribution in [-0.4, -0.2) is 25.7 Å². The van der Waals surface area contributed by atoms with E-state index in [4.69, 9.17) is 5.73 Å². The Morgan fingerprint density at radius 1 is 1.04 bits per heavy atom. The number of rotatable bonds is 5. The Balaban J connectivity index is 1.53. The van der Waals surface area contributed by atoms with Crippen molar-refractivity contribution in [3.05, 3.63) is 23.8 Å². The van der Waals surface area contributed by atoms with Crippen molar-refractivity contribution < 1.29 is 0 Å². The predicted molar refractivity (Wildman–Crippen MR) is 105 cm³/mol. The molecule has 0 atom stereocenters. The van der Waals surface area contributed by atoms with E-state index in [0.29, 0.717) is 6.04 Å². The molecule has 3 N–H and O–H groups in total. The maximum Gasteiger partial charge on any atom is 0.0371 e. The van der Waals surface area contributed by atoms with Gasteiger partial charge in [0.2, 0.25) is 0 Å². The van der Waals surface area contributed by atoms with Crippen molar-refractivity contribution in [2.45, 2.75) is 64.8 Å². The van der Waals surface area contributed by atoms with Gasteiger partial charge in [-0.05, 0) is 81.0 Å². The smallest absolute Gasteiger partial charge is 0.0371 e. The van der Waals surface area contributed by atoms with Gasteiger partial charge < -0.3 is 16.0 Å². The van der Waals surface area contributed by atoms with E-state index < -0.39 is 0 Å². The number of hydrogen-bond donors (Lipinski definition) is 2. The van der Waals surface area contributed by atoms with Crippen LogP contribution < -0.4 is 16.0 Å². The third kappa shape index (κ3) is 4.44. The third-order valence-electron chi connectivity index (χ3n) is 6.24. The van der Waals surface area contributed by atoms with Gasteiger partial charge in [-0.25, -0.2) is 0 Å². The molecule has 24 heavy (non-hydrogen) atoms. The maximum absolute atomic E-state index is 6.01. The molecule has 1 aliphatic carbocycles. The average molecular weight is 330 g/mol. The van der Waals surface area contributed by atoms with Gasteiger partial charge in [0.05, 0.1) is 0 Å². The normalized spacial score (nSPS) is 25.7. The first kappa shape index (κ1) is 17.6. The number of aryl methyl sites for hydroxylation is 1. The molecule has 0 radical (unpaired) electrons. The molecule has 3 heteroatoms. The highest BCUT2D eigenvalue weighted by Crippen LogP contribution is 2.29. The van der Waals surface area contributed by atoms with Crippen LogP contribution in [0.5, 0.6) is 0 Å². The van der Waals surface area contributed by atoms with Gasteiger partial charge in [-0.2, -0.15) is 0 Å². The van der Waals surface area contributed by atoms with Crippen LogP contribution in [0.4, 0.5) is 11.4 Å². The van der Waals surface area contributed by atoms with Gasteiger partial charge >= 0.3 is 0 Å². The summed E-state index contributed by atoms with van der Waals surface area (Å²) in [4.78, 5) is 2.56. The first-order valence-corrected chi connectivity index (χ1v) is 10.0. The molecule has 1 saturated heterocycles. The molecule has 0 unspecified atom stereocenters. The third-order valence-corrected chi connectivity index (χ3v) is 6.24. The van der Waals surface area contributed by atoms with Gasteiger partial charge in [-0.15, -0.1) is 0 Å². The Hall–Kier alpha value is -1.22. The van der Waals surface area contributed by atoms with Crippen molar-refractivity contribution >= 4 is 11.4 Å². The SMILES string of the molecule is CCC1CCN(c2ccc(NCC3CCC(N)CC3)c(C)c2)CC1. The molecule has 0 amide bonds. The highest BCUT2D eigenvalue weighted by atomic mass is 15.1. The second kappa shape index (κ2) is 8.24. The van der Waals surface area contributed by atoms with E-state index in [9.17, 15) is 0 Å². The fourth-order valence-electron chi connectivity index (χ4n) is 4.29. The molecule has 2 aliphatic rings. The summed E-state index contributed by atoms with van der Waals surface area (Å²) in [5, 5.41) is 3.68. The molecule has 0 bridgehead atoms. The Bertz CT molecular complexity index is 512. The highest BCUT2D eigenvalue weighted by molar-refractivity contribution is 5.60. The van der Waals surface area contributed by atoms with E-state index in [1.54, 1.807) is 0 Å². The minimum atomic E-state index is 0.444. The molecule has 1 aromatic rings. The number of hydrogen-bond acceptors (Lipinski definition) is 3. The molecule has 2 fully saturated rings. The van der Waals surface area contributed by atoms with Crippen LogP contribution in [0.2, 0.25) is 0 Å². The van der Waals surface area contributed by atoms with Gasteiger partial charge in [0.1, 0.15) is 0 Å². The first-order valence-electron chi connectivity index (χ1n) is 10.0. The second-order valence-electron chi connectivity index (χ2n) is 8.00. The lowest BCUT2D eigenvalue weighted by atomic mass is 9.86. The van der Waals surface area contributed by atoms with Crippen molar-refractivity contribution in [3.63, 3.8) is 0 Å². The molecule has 0 spiro atoms. The van der Waals surface area contributed by atoms with E-state index in [1.807, 2.05) is 0 Å². The molecule has 3 nitrogen and oxygen atoms in total. The van der Waals surface area contributed by atoms with Crippen LogP contribution >= 0.6 is 0 Å². The molecular weight excluding hydrogens is 294 g/mol. The fraction of sp³-hybridized carbons (Fsp3) is 0.714. The summed E-state index contributed by atoms with van der Waals surface area (Å²) < 4.78 is 0. The Labute approximate surface area is 148 Å². The molecular formula is C21H35N3. The zero-order valence-electron chi connectivity index (χ0n) is 15.6. The van der Waals surface area contributed by atoms with E-state index in [2.05, 4.69) is 42.3 Å². The van der Waals surface area contributed by atoms with E-state index in [1.165, 1.54) is 75.0 Å². The van der Waals surface area contributed by atoms with Crippen LogP contribution in [-0.2, 0) is 0 Å². The zero-order valence-corrected chi connectivity index (χ0v) is 15.6. The van der Waals surface area contributed by atoms with Crippen LogP contribution in [0, 0.1) is 18.8 Å². The number of benzene rings is 1. The average Bonchev–Trinajstić information content (AvgIpc) is 2.62. The lowest BCUT2D eigenvalue weighted by Gasteiger charge is -2.33. The molecule has 1 aromatic carbocycles. The fourth-order valence-corrected chi connectivity index (χ4v) is 4.29. The van der Waals surface area contributed by atoms with Crippen molar-refractivity contribution in [2.24, 2.45) is 17.6 Å². The Morgan fingerprint density at radius 2 is 1.75 bits per heavy atom. The lowest BCUT2D eigenvalue weighted by molar-refractivity contribution is 0.339. The van der Waals surface area contributed by atoms with Gasteiger partial charge in [-0.3, -0.25) is 0 Å². The van der Waals surface area contributed by atoms with E-state index in [0.717, 1.165) is 18.4 Å². The Kier molecular flexibility index (Phi) is 6.04. The summed E-state index contributed by atoms with van der Waals surface area (Å²) in [5.41, 5.74) is 10.1. The molecule has 1 aliphatic heterocycles. The van der Waals surface area contributed by atoms with Crippen molar-refractivity contribution in [1.29, 1.82) is 0 Å². The predicted octanol–water partition coefficient (Wildman–Crippen LogP) is 4.55. The maximum atomic E-state index is 6.01. The quantitative estimate of drug-likeness (QED) is 0.832. The Morgan fingerprint density at radius 3 is 2.38 bits per heavy atom. The summed E-state index contributed by atoms with van der Waals surface area (Å²) in [6.07, 6.45) is 8.96. The van der Waals surface area contributed by atoms with Gasteiger partial charge in [0.15, 0.2) is 0 Å². The highest BCUT2D eigenvalue weighted by Gasteiger charge is 2.20. The van der Waals surface area contributed by atoms with Crippen molar-refractivity contribution in [1.82, 2.24) is 0 Å². The van der Waals surface area contributed by atoms with Crippen LogP contribution in [0.1, 0.15) is 57.4 Å². The van der Waals surface area contributed by atoms with E-state index in [-0.39, 0.29) is 0 Å². The standard InChI is InChI=1S/C21H35N3/c1-3-17-10-12-24(13-11-17)20-8-9-21(16(2)14-20)23-15-18-4-6-19(22)7-5-18/h8-9,14,17-19,23H,3-7,10-13,15,22H2,1-2H3. The largest absolute Gasteiger partial charge is 0.385 e. The van der Waals surface area contributed by atoms with Gasteiger partial charge in [0, 0.05) is 37.1 Å². The molecule has 0 aromatic heterocycles. The minimum absolute atomic E-state index is 0.444. The monoisotopic (exact) mass is 329 g/mol. The second-order valence-corrected chi connectivity index (χ2v) is 8.00. The minimum Gasteiger partial charge on any atom is -0.385 e. The summed E-state index contributed by atoms with van der Waals surface area (Å²) >= 11 is 0. The van der Waals surface area contributed by atoms with Gasteiger partial charge in [-0.1, -0.05) is 13.3 Å². The van der Waals surface area contributed by atoms with Crippen LogP contribution in [0.15, 0.2) is 18.2 Å². The number of piperidine rings is 1. The number of anilines is 2. The van der Waals surface area contributed by atoms with Crippen molar-refractivity contribution in [2.75, 3.05) is 29.9 Å². The van der Waals surface area contributed by atoms with Gasteiger partial charge in [0.25, 0.3) is 0 Å². The number of nitrogens with zero attached hydrogens (tertiary/aromatic N) is 1. The molecule has 134 valence electrons. The first-order chi connectivity index (χ1) is 11.7.